The van der Waals surface area contributed by atoms with Gasteiger partial charge in [-0.2, -0.15) is 0 Å². The van der Waals surface area contributed by atoms with Gasteiger partial charge in [0.15, 0.2) is 0 Å². The summed E-state index contributed by atoms with van der Waals surface area (Å²) in [5.41, 5.74) is -0.311. The number of pyridine rings is 1. The summed E-state index contributed by atoms with van der Waals surface area (Å²) in [5, 5.41) is 2.58. The second-order valence-corrected chi connectivity index (χ2v) is 6.72. The molecular weight excluding hydrogens is 296 g/mol. The highest BCUT2D eigenvalue weighted by atomic mass is 16.6. The third-order valence-corrected chi connectivity index (χ3v) is 3.82. The Balaban J connectivity index is 2.07. The number of anilines is 1. The van der Waals surface area contributed by atoms with Crippen molar-refractivity contribution in [3.63, 3.8) is 0 Å². The van der Waals surface area contributed by atoms with Crippen LogP contribution in [0.2, 0.25) is 0 Å². The van der Waals surface area contributed by atoms with Crippen molar-refractivity contribution in [1.29, 1.82) is 0 Å². The van der Waals surface area contributed by atoms with Gasteiger partial charge in [-0.05, 0) is 52.2 Å². The zero-order valence-corrected chi connectivity index (χ0v) is 14.1. The predicted molar refractivity (Wildman–Crippen MR) is 86.3 cm³/mol. The van der Waals surface area contributed by atoms with Crippen molar-refractivity contribution in [2.24, 2.45) is 0 Å². The van der Waals surface area contributed by atoms with E-state index in [0.717, 1.165) is 24.8 Å². The SMILES string of the molecule is CCOC(=O)C1(c2ccc(NC(=O)OC(C)(C)C)nc2)CCC1. The number of carbonyl (C=O) groups excluding carboxylic acids is 2. The van der Waals surface area contributed by atoms with Crippen LogP contribution < -0.4 is 5.32 Å². The molecule has 0 unspecified atom stereocenters. The van der Waals surface area contributed by atoms with E-state index in [0.29, 0.717) is 12.4 Å². The number of amides is 1. The lowest BCUT2D eigenvalue weighted by molar-refractivity contribution is -0.153. The van der Waals surface area contributed by atoms with Crippen LogP contribution in [0.4, 0.5) is 10.6 Å². The number of rotatable bonds is 4. The minimum atomic E-state index is -0.576. The fourth-order valence-electron chi connectivity index (χ4n) is 2.57. The molecule has 1 aromatic rings. The Morgan fingerprint density at radius 2 is 2.00 bits per heavy atom. The maximum atomic E-state index is 12.2. The van der Waals surface area contributed by atoms with Crippen LogP contribution in [-0.2, 0) is 19.7 Å². The molecule has 0 bridgehead atoms. The van der Waals surface area contributed by atoms with Gasteiger partial charge in [-0.25, -0.2) is 9.78 Å². The number of hydrogen-bond acceptors (Lipinski definition) is 5. The van der Waals surface area contributed by atoms with E-state index in [1.54, 1.807) is 40.0 Å². The fraction of sp³-hybridized carbons (Fsp3) is 0.588. The van der Waals surface area contributed by atoms with E-state index >= 15 is 0 Å². The van der Waals surface area contributed by atoms with Crippen LogP contribution >= 0.6 is 0 Å². The Bertz CT molecular complexity index is 571. The third-order valence-electron chi connectivity index (χ3n) is 3.82. The average molecular weight is 320 g/mol. The number of nitrogens with zero attached hydrogens (tertiary/aromatic N) is 1. The summed E-state index contributed by atoms with van der Waals surface area (Å²) < 4.78 is 10.4. The first kappa shape index (κ1) is 17.2. The van der Waals surface area contributed by atoms with Gasteiger partial charge in [0.25, 0.3) is 0 Å². The van der Waals surface area contributed by atoms with Crippen molar-refractivity contribution in [3.05, 3.63) is 23.9 Å². The lowest BCUT2D eigenvalue weighted by atomic mass is 9.65. The molecule has 1 fully saturated rings. The molecule has 0 saturated heterocycles. The van der Waals surface area contributed by atoms with Gasteiger partial charge in [-0.1, -0.05) is 12.5 Å². The molecule has 126 valence electrons. The van der Waals surface area contributed by atoms with E-state index in [4.69, 9.17) is 9.47 Å². The second-order valence-electron chi connectivity index (χ2n) is 6.72. The highest BCUT2D eigenvalue weighted by Gasteiger charge is 2.47. The van der Waals surface area contributed by atoms with Gasteiger partial charge in [0.2, 0.25) is 0 Å². The largest absolute Gasteiger partial charge is 0.465 e. The number of aromatic nitrogens is 1. The first-order valence-electron chi connectivity index (χ1n) is 7.90. The van der Waals surface area contributed by atoms with Crippen LogP contribution in [0.3, 0.4) is 0 Å². The van der Waals surface area contributed by atoms with Gasteiger partial charge in [0.1, 0.15) is 11.4 Å². The van der Waals surface area contributed by atoms with Crippen LogP contribution in [0.15, 0.2) is 18.3 Å². The van der Waals surface area contributed by atoms with Crippen molar-refractivity contribution < 1.29 is 19.1 Å². The zero-order chi connectivity index (χ0) is 17.1. The van der Waals surface area contributed by atoms with Gasteiger partial charge in [-0.15, -0.1) is 0 Å². The number of nitrogens with one attached hydrogen (secondary N) is 1. The smallest absolute Gasteiger partial charge is 0.413 e. The maximum Gasteiger partial charge on any atom is 0.413 e. The van der Waals surface area contributed by atoms with Gasteiger partial charge in [-0.3, -0.25) is 10.1 Å². The second kappa shape index (κ2) is 6.56. The molecule has 0 aromatic carbocycles. The molecule has 1 N–H and O–H groups in total. The van der Waals surface area contributed by atoms with E-state index < -0.39 is 17.1 Å². The lowest BCUT2D eigenvalue weighted by Crippen LogP contribution is -2.43. The summed E-state index contributed by atoms with van der Waals surface area (Å²) in [6.07, 6.45) is 3.61. The predicted octanol–water partition coefficient (Wildman–Crippen LogP) is 3.41. The Labute approximate surface area is 136 Å². The van der Waals surface area contributed by atoms with Crippen molar-refractivity contribution >= 4 is 17.9 Å². The Morgan fingerprint density at radius 3 is 2.43 bits per heavy atom. The summed E-state index contributed by atoms with van der Waals surface area (Å²) in [4.78, 5) is 28.2. The van der Waals surface area contributed by atoms with E-state index in [1.165, 1.54) is 0 Å². The quantitative estimate of drug-likeness (QED) is 0.860. The Hall–Kier alpha value is -2.11. The monoisotopic (exact) mass is 320 g/mol. The lowest BCUT2D eigenvalue weighted by Gasteiger charge is -2.39. The standard InChI is InChI=1S/C17H24N2O4/c1-5-22-14(20)17(9-6-10-17)12-7-8-13(18-11-12)19-15(21)23-16(2,3)4/h7-8,11H,5-6,9-10H2,1-4H3,(H,18,19,21). The molecule has 1 amide bonds. The van der Waals surface area contributed by atoms with Crippen LogP contribution in [0.25, 0.3) is 0 Å². The normalized spacial score (nSPS) is 16.2. The molecule has 23 heavy (non-hydrogen) atoms. The molecule has 1 aliphatic rings. The fourth-order valence-corrected chi connectivity index (χ4v) is 2.57. The molecular formula is C17H24N2O4. The van der Waals surface area contributed by atoms with E-state index in [-0.39, 0.29) is 5.97 Å². The first-order valence-corrected chi connectivity index (χ1v) is 7.90. The molecule has 0 atom stereocenters. The summed E-state index contributed by atoms with van der Waals surface area (Å²) in [6.45, 7) is 7.55. The average Bonchev–Trinajstić information content (AvgIpc) is 2.37. The first-order chi connectivity index (χ1) is 10.8. The summed E-state index contributed by atoms with van der Waals surface area (Å²) >= 11 is 0. The molecule has 2 rings (SSSR count). The highest BCUT2D eigenvalue weighted by Crippen LogP contribution is 2.44. The van der Waals surface area contributed by atoms with Gasteiger partial charge in [0, 0.05) is 6.20 Å². The van der Waals surface area contributed by atoms with Crippen molar-refractivity contribution in [2.75, 3.05) is 11.9 Å². The van der Waals surface area contributed by atoms with Crippen molar-refractivity contribution in [3.8, 4) is 0 Å². The highest BCUT2D eigenvalue weighted by molar-refractivity contribution is 5.85. The number of carbonyl (C=O) groups is 2. The third kappa shape index (κ3) is 4.00. The Morgan fingerprint density at radius 1 is 1.30 bits per heavy atom. The number of esters is 1. The molecule has 6 heteroatoms. The summed E-state index contributed by atoms with van der Waals surface area (Å²) in [7, 11) is 0. The van der Waals surface area contributed by atoms with Crippen molar-refractivity contribution in [2.45, 2.75) is 58.0 Å². The minimum absolute atomic E-state index is 0.194. The molecule has 1 heterocycles. The van der Waals surface area contributed by atoms with Crippen LogP contribution in [0, 0.1) is 0 Å². The number of ether oxygens (including phenoxy) is 2. The molecule has 1 aliphatic carbocycles. The van der Waals surface area contributed by atoms with Crippen LogP contribution in [0.1, 0.15) is 52.5 Å². The Kier molecular flexibility index (Phi) is 4.92. The van der Waals surface area contributed by atoms with Gasteiger partial charge < -0.3 is 9.47 Å². The zero-order valence-electron chi connectivity index (χ0n) is 14.1. The van der Waals surface area contributed by atoms with Gasteiger partial charge in [0.05, 0.1) is 12.0 Å². The molecule has 0 aliphatic heterocycles. The summed E-state index contributed by atoms with van der Waals surface area (Å²) in [6, 6.07) is 3.49. The van der Waals surface area contributed by atoms with E-state index in [9.17, 15) is 9.59 Å². The van der Waals surface area contributed by atoms with Crippen molar-refractivity contribution in [1.82, 2.24) is 4.98 Å². The van der Waals surface area contributed by atoms with Gasteiger partial charge >= 0.3 is 12.1 Å². The van der Waals surface area contributed by atoms with Crippen LogP contribution in [-0.4, -0.2) is 29.3 Å². The number of hydrogen-bond donors (Lipinski definition) is 1. The topological polar surface area (TPSA) is 77.5 Å². The molecule has 0 spiro atoms. The van der Waals surface area contributed by atoms with E-state index in [2.05, 4.69) is 10.3 Å². The van der Waals surface area contributed by atoms with Crippen LogP contribution in [0.5, 0.6) is 0 Å². The van der Waals surface area contributed by atoms with E-state index in [1.807, 2.05) is 6.07 Å². The molecule has 0 radical (unpaired) electrons. The maximum absolute atomic E-state index is 12.2. The molecule has 1 saturated carbocycles. The molecule has 6 nitrogen and oxygen atoms in total. The molecule has 1 aromatic heterocycles. The minimum Gasteiger partial charge on any atom is -0.465 e. The summed E-state index contributed by atoms with van der Waals surface area (Å²) in [5.74, 6) is 0.197.